The predicted octanol–water partition coefficient (Wildman–Crippen LogP) is 5.42. The van der Waals surface area contributed by atoms with Gasteiger partial charge in [0.05, 0.1) is 16.3 Å². The number of hydrogen-bond acceptors (Lipinski definition) is 1. The first-order valence-corrected chi connectivity index (χ1v) is 6.51. The molecule has 0 heterocycles. The van der Waals surface area contributed by atoms with E-state index in [1.165, 1.54) is 12.1 Å². The van der Waals surface area contributed by atoms with Gasteiger partial charge in [-0.15, -0.1) is 0 Å². The number of nitrogens with one attached hydrogen (secondary N) is 1. The molecule has 0 aliphatic carbocycles. The summed E-state index contributed by atoms with van der Waals surface area (Å²) in [6.07, 6.45) is -4.43. The van der Waals surface area contributed by atoms with Crippen molar-refractivity contribution in [3.05, 3.63) is 63.9 Å². The second kappa shape index (κ2) is 5.93. The van der Waals surface area contributed by atoms with Gasteiger partial charge in [0.1, 0.15) is 5.82 Å². The van der Waals surface area contributed by atoms with Crippen molar-refractivity contribution < 1.29 is 17.6 Å². The van der Waals surface area contributed by atoms with E-state index in [9.17, 15) is 17.6 Å². The Morgan fingerprint density at radius 1 is 1.10 bits per heavy atom. The van der Waals surface area contributed by atoms with E-state index in [0.29, 0.717) is 16.8 Å². The van der Waals surface area contributed by atoms with E-state index in [-0.39, 0.29) is 17.4 Å². The van der Waals surface area contributed by atoms with Gasteiger partial charge in [-0.3, -0.25) is 0 Å². The molecule has 0 aliphatic rings. The SMILES string of the molecule is Cc1ccc(CNc2ccc(C(F)(F)F)cc2Cl)cc1F. The average Bonchev–Trinajstić information content (AvgIpc) is 2.40. The van der Waals surface area contributed by atoms with Gasteiger partial charge >= 0.3 is 6.18 Å². The first kappa shape index (κ1) is 15.6. The normalized spacial score (nSPS) is 11.5. The number of halogens is 5. The summed E-state index contributed by atoms with van der Waals surface area (Å²) in [4.78, 5) is 0. The highest BCUT2D eigenvalue weighted by molar-refractivity contribution is 6.33. The van der Waals surface area contributed by atoms with Gasteiger partial charge in [-0.1, -0.05) is 23.7 Å². The van der Waals surface area contributed by atoms with Crippen LogP contribution in [0.3, 0.4) is 0 Å². The minimum Gasteiger partial charge on any atom is -0.380 e. The summed E-state index contributed by atoms with van der Waals surface area (Å²) in [7, 11) is 0. The second-order valence-corrected chi connectivity index (χ2v) is 5.04. The highest BCUT2D eigenvalue weighted by atomic mass is 35.5. The molecule has 0 unspecified atom stereocenters. The lowest BCUT2D eigenvalue weighted by Crippen LogP contribution is -2.06. The molecule has 112 valence electrons. The molecule has 0 amide bonds. The number of alkyl halides is 3. The molecule has 2 aromatic rings. The molecular formula is C15H12ClF4N. The molecule has 0 atom stereocenters. The summed E-state index contributed by atoms with van der Waals surface area (Å²) in [5.74, 6) is -0.326. The maximum atomic E-state index is 13.4. The van der Waals surface area contributed by atoms with Crippen LogP contribution in [-0.4, -0.2) is 0 Å². The smallest absolute Gasteiger partial charge is 0.380 e. The van der Waals surface area contributed by atoms with Gasteiger partial charge < -0.3 is 5.32 Å². The lowest BCUT2D eigenvalue weighted by atomic mass is 10.1. The van der Waals surface area contributed by atoms with E-state index in [1.54, 1.807) is 19.1 Å². The minimum atomic E-state index is -4.43. The van der Waals surface area contributed by atoms with Crippen molar-refractivity contribution in [3.8, 4) is 0 Å². The lowest BCUT2D eigenvalue weighted by Gasteiger charge is -2.12. The van der Waals surface area contributed by atoms with Crippen LogP contribution in [0.2, 0.25) is 5.02 Å². The third-order valence-corrected chi connectivity index (χ3v) is 3.33. The number of rotatable bonds is 3. The van der Waals surface area contributed by atoms with Crippen molar-refractivity contribution in [2.75, 3.05) is 5.32 Å². The molecule has 0 saturated heterocycles. The molecule has 0 aliphatic heterocycles. The fourth-order valence-electron chi connectivity index (χ4n) is 1.78. The van der Waals surface area contributed by atoms with Crippen LogP contribution in [0.4, 0.5) is 23.2 Å². The standard InChI is InChI=1S/C15H12ClF4N/c1-9-2-3-10(6-13(9)17)8-21-14-5-4-11(7-12(14)16)15(18,19)20/h2-7,21H,8H2,1H3. The topological polar surface area (TPSA) is 12.0 Å². The van der Waals surface area contributed by atoms with Crippen LogP contribution in [0.25, 0.3) is 0 Å². The quantitative estimate of drug-likeness (QED) is 0.745. The van der Waals surface area contributed by atoms with Gasteiger partial charge in [0.15, 0.2) is 0 Å². The lowest BCUT2D eigenvalue weighted by molar-refractivity contribution is -0.137. The minimum absolute atomic E-state index is 0.0302. The van der Waals surface area contributed by atoms with Gasteiger partial charge in [0.2, 0.25) is 0 Å². The average molecular weight is 318 g/mol. The van der Waals surface area contributed by atoms with Crippen molar-refractivity contribution in [2.45, 2.75) is 19.6 Å². The van der Waals surface area contributed by atoms with Crippen molar-refractivity contribution >= 4 is 17.3 Å². The first-order valence-electron chi connectivity index (χ1n) is 6.13. The van der Waals surface area contributed by atoms with Crippen LogP contribution in [-0.2, 0) is 12.7 Å². The first-order chi connectivity index (χ1) is 9.77. The second-order valence-electron chi connectivity index (χ2n) is 4.63. The van der Waals surface area contributed by atoms with Crippen molar-refractivity contribution in [2.24, 2.45) is 0 Å². The van der Waals surface area contributed by atoms with E-state index in [4.69, 9.17) is 11.6 Å². The molecule has 21 heavy (non-hydrogen) atoms. The molecule has 0 radical (unpaired) electrons. The number of aryl methyl sites for hydroxylation is 1. The maximum absolute atomic E-state index is 13.4. The molecule has 0 spiro atoms. The monoisotopic (exact) mass is 317 g/mol. The highest BCUT2D eigenvalue weighted by Gasteiger charge is 2.30. The van der Waals surface area contributed by atoms with E-state index >= 15 is 0 Å². The maximum Gasteiger partial charge on any atom is 0.416 e. The molecule has 2 aromatic carbocycles. The van der Waals surface area contributed by atoms with Crippen LogP contribution in [0.5, 0.6) is 0 Å². The molecule has 0 saturated carbocycles. The van der Waals surface area contributed by atoms with Gasteiger partial charge in [0.25, 0.3) is 0 Å². The molecule has 1 N–H and O–H groups in total. The zero-order valence-corrected chi connectivity index (χ0v) is 11.8. The van der Waals surface area contributed by atoms with Gasteiger partial charge in [-0.05, 0) is 42.3 Å². The molecule has 0 bridgehead atoms. The Hall–Kier alpha value is -1.75. The molecule has 0 aromatic heterocycles. The summed E-state index contributed by atoms with van der Waals surface area (Å²) in [5.41, 5.74) is 0.769. The predicted molar refractivity (Wildman–Crippen MR) is 74.9 cm³/mol. The summed E-state index contributed by atoms with van der Waals surface area (Å²) in [6.45, 7) is 1.92. The van der Waals surface area contributed by atoms with Crippen LogP contribution in [0.1, 0.15) is 16.7 Å². The molecular weight excluding hydrogens is 306 g/mol. The third kappa shape index (κ3) is 3.88. The van der Waals surface area contributed by atoms with Crippen molar-refractivity contribution in [3.63, 3.8) is 0 Å². The molecule has 2 rings (SSSR count). The fourth-order valence-corrected chi connectivity index (χ4v) is 2.03. The number of anilines is 1. The Bertz CT molecular complexity index is 653. The van der Waals surface area contributed by atoms with E-state index in [1.807, 2.05) is 0 Å². The van der Waals surface area contributed by atoms with Gasteiger partial charge in [0, 0.05) is 6.54 Å². The Morgan fingerprint density at radius 2 is 1.81 bits per heavy atom. The zero-order chi connectivity index (χ0) is 15.6. The molecule has 1 nitrogen and oxygen atoms in total. The third-order valence-electron chi connectivity index (χ3n) is 3.02. The Kier molecular flexibility index (Phi) is 4.42. The number of hydrogen-bond donors (Lipinski definition) is 1. The van der Waals surface area contributed by atoms with E-state index < -0.39 is 11.7 Å². The van der Waals surface area contributed by atoms with E-state index in [2.05, 4.69) is 5.32 Å². The van der Waals surface area contributed by atoms with Crippen LogP contribution < -0.4 is 5.32 Å². The Morgan fingerprint density at radius 3 is 2.38 bits per heavy atom. The van der Waals surface area contributed by atoms with E-state index in [0.717, 1.165) is 12.1 Å². The summed E-state index contributed by atoms with van der Waals surface area (Å²) in [6, 6.07) is 7.82. The summed E-state index contributed by atoms with van der Waals surface area (Å²) >= 11 is 5.82. The molecule has 6 heteroatoms. The van der Waals surface area contributed by atoms with Crippen molar-refractivity contribution in [1.82, 2.24) is 0 Å². The number of benzene rings is 2. The molecule has 0 fully saturated rings. The zero-order valence-electron chi connectivity index (χ0n) is 11.1. The van der Waals surface area contributed by atoms with Crippen LogP contribution >= 0.6 is 11.6 Å². The highest BCUT2D eigenvalue weighted by Crippen LogP contribution is 2.33. The fraction of sp³-hybridized carbons (Fsp3) is 0.200. The van der Waals surface area contributed by atoms with Crippen LogP contribution in [0, 0.1) is 12.7 Å². The van der Waals surface area contributed by atoms with Gasteiger partial charge in [-0.2, -0.15) is 13.2 Å². The summed E-state index contributed by atoms with van der Waals surface area (Å²) in [5, 5.41) is 2.86. The van der Waals surface area contributed by atoms with Crippen LogP contribution in [0.15, 0.2) is 36.4 Å². The van der Waals surface area contributed by atoms with Crippen molar-refractivity contribution in [1.29, 1.82) is 0 Å². The summed E-state index contributed by atoms with van der Waals surface area (Å²) < 4.78 is 50.9. The largest absolute Gasteiger partial charge is 0.416 e. The Labute approximate surface area is 124 Å². The Balaban J connectivity index is 2.11. The van der Waals surface area contributed by atoms with Gasteiger partial charge in [-0.25, -0.2) is 4.39 Å².